The van der Waals surface area contributed by atoms with Crippen LogP contribution < -0.4 is 0 Å². The van der Waals surface area contributed by atoms with Crippen LogP contribution in [0.2, 0.25) is 0 Å². The van der Waals surface area contributed by atoms with E-state index in [1.165, 1.54) is 19.3 Å². The smallest absolute Gasteiger partial charge is 0.136 e. The Morgan fingerprint density at radius 1 is 1.33 bits per heavy atom. The van der Waals surface area contributed by atoms with Crippen molar-refractivity contribution in [3.8, 4) is 0 Å². The summed E-state index contributed by atoms with van der Waals surface area (Å²) in [5.74, 6) is 0.372. The van der Waals surface area contributed by atoms with E-state index in [4.69, 9.17) is 0 Å². The Morgan fingerprint density at radius 3 is 2.53 bits per heavy atom. The molecule has 1 rings (SSSR count). The Kier molecular flexibility index (Phi) is 5.30. The van der Waals surface area contributed by atoms with Crippen LogP contribution in [0.3, 0.4) is 0 Å². The minimum absolute atomic E-state index is 0.142. The van der Waals surface area contributed by atoms with Crippen molar-refractivity contribution in [1.29, 1.82) is 0 Å². The molecular formula is C13H20O2. The van der Waals surface area contributed by atoms with Crippen molar-refractivity contribution >= 4 is 12.1 Å². The van der Waals surface area contributed by atoms with Gasteiger partial charge in [-0.2, -0.15) is 0 Å². The zero-order valence-electron chi connectivity index (χ0n) is 9.28. The summed E-state index contributed by atoms with van der Waals surface area (Å²) in [6.07, 6.45) is 9.30. The maximum absolute atomic E-state index is 11.8. The molecule has 1 fully saturated rings. The summed E-state index contributed by atoms with van der Waals surface area (Å²) in [7, 11) is 0. The van der Waals surface area contributed by atoms with Gasteiger partial charge in [-0.3, -0.25) is 4.79 Å². The molecule has 84 valence electrons. The van der Waals surface area contributed by atoms with Gasteiger partial charge in [0.05, 0.1) is 0 Å². The molecule has 0 aromatic carbocycles. The molecule has 1 aliphatic rings. The summed E-state index contributed by atoms with van der Waals surface area (Å²) in [5, 5.41) is 0. The van der Waals surface area contributed by atoms with E-state index in [0.717, 1.165) is 19.1 Å². The number of ketones is 1. The van der Waals surface area contributed by atoms with E-state index >= 15 is 0 Å². The topological polar surface area (TPSA) is 34.1 Å². The molecule has 0 aliphatic heterocycles. The van der Waals surface area contributed by atoms with Crippen molar-refractivity contribution in [2.45, 2.75) is 44.9 Å². The molecule has 0 saturated heterocycles. The van der Waals surface area contributed by atoms with E-state index < -0.39 is 0 Å². The molecule has 15 heavy (non-hydrogen) atoms. The molecule has 0 radical (unpaired) electrons. The first-order chi connectivity index (χ1) is 7.27. The SMILES string of the molecule is C=CCC(C=O)CC(=O)C1CCCCC1. The fourth-order valence-electron chi connectivity index (χ4n) is 2.25. The third-order valence-electron chi connectivity index (χ3n) is 3.19. The number of carbonyl (C=O) groups is 2. The molecule has 2 nitrogen and oxygen atoms in total. The molecule has 0 aromatic heterocycles. The summed E-state index contributed by atoms with van der Waals surface area (Å²) < 4.78 is 0. The Labute approximate surface area is 91.7 Å². The third-order valence-corrected chi connectivity index (χ3v) is 3.19. The molecule has 0 N–H and O–H groups in total. The standard InChI is InChI=1S/C13H20O2/c1-2-6-11(10-14)9-13(15)12-7-4-3-5-8-12/h2,10-12H,1,3-9H2. The van der Waals surface area contributed by atoms with Gasteiger partial charge in [-0.15, -0.1) is 6.58 Å². The Morgan fingerprint density at radius 2 is 2.00 bits per heavy atom. The second-order valence-electron chi connectivity index (χ2n) is 4.43. The van der Waals surface area contributed by atoms with E-state index in [-0.39, 0.29) is 17.6 Å². The first kappa shape index (κ1) is 12.2. The van der Waals surface area contributed by atoms with Gasteiger partial charge in [0.25, 0.3) is 0 Å². The number of allylic oxidation sites excluding steroid dienone is 1. The zero-order valence-corrected chi connectivity index (χ0v) is 9.28. The van der Waals surface area contributed by atoms with Crippen LogP contribution in [0.5, 0.6) is 0 Å². The molecule has 0 spiro atoms. The highest BCUT2D eigenvalue weighted by Crippen LogP contribution is 2.26. The van der Waals surface area contributed by atoms with Gasteiger partial charge in [-0.1, -0.05) is 25.3 Å². The predicted molar refractivity (Wildman–Crippen MR) is 60.6 cm³/mol. The summed E-state index contributed by atoms with van der Waals surface area (Å²) in [6, 6.07) is 0. The molecule has 1 aliphatic carbocycles. The van der Waals surface area contributed by atoms with Gasteiger partial charge in [0.1, 0.15) is 12.1 Å². The number of rotatable bonds is 6. The second-order valence-corrected chi connectivity index (χ2v) is 4.43. The first-order valence-corrected chi connectivity index (χ1v) is 5.86. The van der Waals surface area contributed by atoms with Crippen LogP contribution in [-0.4, -0.2) is 12.1 Å². The molecule has 0 amide bonds. The number of hydrogen-bond acceptors (Lipinski definition) is 2. The van der Waals surface area contributed by atoms with Crippen molar-refractivity contribution in [2.24, 2.45) is 11.8 Å². The lowest BCUT2D eigenvalue weighted by molar-refractivity contribution is -0.126. The van der Waals surface area contributed by atoms with Crippen LogP contribution in [0.4, 0.5) is 0 Å². The molecule has 0 aromatic rings. The highest BCUT2D eigenvalue weighted by atomic mass is 16.1. The number of aldehydes is 1. The Hall–Kier alpha value is -0.920. The van der Waals surface area contributed by atoms with Crippen molar-refractivity contribution in [3.05, 3.63) is 12.7 Å². The van der Waals surface area contributed by atoms with Crippen molar-refractivity contribution in [1.82, 2.24) is 0 Å². The average molecular weight is 208 g/mol. The van der Waals surface area contributed by atoms with E-state index in [1.807, 2.05) is 0 Å². The van der Waals surface area contributed by atoms with Crippen molar-refractivity contribution in [3.63, 3.8) is 0 Å². The molecule has 1 saturated carbocycles. The van der Waals surface area contributed by atoms with Gasteiger partial charge >= 0.3 is 0 Å². The monoisotopic (exact) mass is 208 g/mol. The summed E-state index contributed by atoms with van der Waals surface area (Å²) >= 11 is 0. The largest absolute Gasteiger partial charge is 0.303 e. The summed E-state index contributed by atoms with van der Waals surface area (Å²) in [5.41, 5.74) is 0. The number of Topliss-reactive ketones (excluding diaryl/α,β-unsaturated/α-hetero) is 1. The molecule has 2 heteroatoms. The quantitative estimate of drug-likeness (QED) is 0.497. The lowest BCUT2D eigenvalue weighted by Gasteiger charge is -2.21. The van der Waals surface area contributed by atoms with Crippen LogP contribution in [0.25, 0.3) is 0 Å². The maximum atomic E-state index is 11.8. The van der Waals surface area contributed by atoms with Gasteiger partial charge in [0.2, 0.25) is 0 Å². The minimum Gasteiger partial charge on any atom is -0.303 e. The van der Waals surface area contributed by atoms with E-state index in [1.54, 1.807) is 6.08 Å². The molecule has 0 heterocycles. The first-order valence-electron chi connectivity index (χ1n) is 5.86. The number of carbonyl (C=O) groups excluding carboxylic acids is 2. The van der Waals surface area contributed by atoms with Gasteiger partial charge in [-0.05, 0) is 19.3 Å². The minimum atomic E-state index is -0.142. The van der Waals surface area contributed by atoms with E-state index in [0.29, 0.717) is 12.8 Å². The summed E-state index contributed by atoms with van der Waals surface area (Å²) in [4.78, 5) is 22.6. The second kappa shape index (κ2) is 6.54. The highest BCUT2D eigenvalue weighted by molar-refractivity contribution is 5.83. The average Bonchev–Trinajstić information content (AvgIpc) is 2.29. The van der Waals surface area contributed by atoms with Gasteiger partial charge < -0.3 is 4.79 Å². The van der Waals surface area contributed by atoms with Crippen molar-refractivity contribution in [2.75, 3.05) is 0 Å². The fraction of sp³-hybridized carbons (Fsp3) is 0.692. The van der Waals surface area contributed by atoms with Crippen LogP contribution in [0.1, 0.15) is 44.9 Å². The number of hydrogen-bond donors (Lipinski definition) is 0. The normalized spacial score (nSPS) is 19.5. The van der Waals surface area contributed by atoms with Crippen LogP contribution in [0.15, 0.2) is 12.7 Å². The zero-order chi connectivity index (χ0) is 11.1. The Balaban J connectivity index is 2.38. The van der Waals surface area contributed by atoms with Gasteiger partial charge in [0, 0.05) is 18.3 Å². The van der Waals surface area contributed by atoms with Crippen LogP contribution in [0, 0.1) is 11.8 Å². The van der Waals surface area contributed by atoms with E-state index in [2.05, 4.69) is 6.58 Å². The fourth-order valence-corrected chi connectivity index (χ4v) is 2.25. The van der Waals surface area contributed by atoms with Gasteiger partial charge in [-0.25, -0.2) is 0 Å². The van der Waals surface area contributed by atoms with E-state index in [9.17, 15) is 9.59 Å². The predicted octanol–water partition coefficient (Wildman–Crippen LogP) is 2.92. The van der Waals surface area contributed by atoms with Crippen LogP contribution >= 0.6 is 0 Å². The summed E-state index contributed by atoms with van der Waals surface area (Å²) in [6.45, 7) is 3.60. The van der Waals surface area contributed by atoms with Crippen molar-refractivity contribution < 1.29 is 9.59 Å². The molecule has 1 unspecified atom stereocenters. The maximum Gasteiger partial charge on any atom is 0.136 e. The molecular weight excluding hydrogens is 188 g/mol. The van der Waals surface area contributed by atoms with Crippen LogP contribution in [-0.2, 0) is 9.59 Å². The molecule has 0 bridgehead atoms. The van der Waals surface area contributed by atoms with Gasteiger partial charge in [0.15, 0.2) is 0 Å². The third kappa shape index (κ3) is 3.98. The molecule has 1 atom stereocenters. The lowest BCUT2D eigenvalue weighted by atomic mass is 9.83. The Bertz CT molecular complexity index is 227. The lowest BCUT2D eigenvalue weighted by Crippen LogP contribution is -2.20. The highest BCUT2D eigenvalue weighted by Gasteiger charge is 2.23.